The van der Waals surface area contributed by atoms with Crippen molar-refractivity contribution in [2.24, 2.45) is 0 Å². The maximum absolute atomic E-state index is 6.56. The highest BCUT2D eigenvalue weighted by Gasteiger charge is 2.20. The fourth-order valence-corrected chi connectivity index (χ4v) is 3.58. The Labute approximate surface area is 136 Å². The molecule has 0 spiro atoms. The van der Waals surface area contributed by atoms with E-state index in [1.807, 2.05) is 18.2 Å². The second-order valence-electron chi connectivity index (χ2n) is 5.49. The molecule has 0 aliphatic heterocycles. The zero-order valence-corrected chi connectivity index (χ0v) is 14.9. The Morgan fingerprint density at radius 2 is 1.84 bits per heavy atom. The lowest BCUT2D eigenvalue weighted by molar-refractivity contribution is 0.604. The van der Waals surface area contributed by atoms with Crippen LogP contribution in [0.2, 0.25) is 5.02 Å². The molecule has 2 aromatic rings. The minimum atomic E-state index is -0.147. The normalized spacial score (nSPS) is 13.6. The summed E-state index contributed by atoms with van der Waals surface area (Å²) in [5.41, 5.74) is 1.19. The van der Waals surface area contributed by atoms with Gasteiger partial charge in [0.1, 0.15) is 0 Å². The molecule has 1 unspecified atom stereocenters. The highest BCUT2D eigenvalue weighted by atomic mass is 79.9. The molecule has 1 aromatic heterocycles. The van der Waals surface area contributed by atoms with Gasteiger partial charge in [-0.2, -0.15) is 0 Å². The summed E-state index contributed by atoms with van der Waals surface area (Å²) in [5.74, 6) is 0. The molecule has 2 rings (SSSR count). The summed E-state index contributed by atoms with van der Waals surface area (Å²) in [6, 6.07) is 10.1. The quantitative estimate of drug-likeness (QED) is 0.505. The second-order valence-corrected chi connectivity index (χ2v) is 8.30. The van der Waals surface area contributed by atoms with Gasteiger partial charge in [-0.3, -0.25) is 0 Å². The molecule has 0 aliphatic rings. The van der Waals surface area contributed by atoms with Gasteiger partial charge in [-0.15, -0.1) is 22.9 Å². The van der Waals surface area contributed by atoms with E-state index in [2.05, 4.69) is 48.8 Å². The first-order valence-electron chi connectivity index (χ1n) is 5.98. The summed E-state index contributed by atoms with van der Waals surface area (Å²) in [5, 5.41) is 0.544. The zero-order valence-electron chi connectivity index (χ0n) is 11.0. The molecule has 0 saturated carbocycles. The maximum Gasteiger partial charge on any atom is 0.0928 e. The van der Waals surface area contributed by atoms with Crippen LogP contribution >= 0.6 is 50.5 Å². The van der Waals surface area contributed by atoms with Crippen LogP contribution in [0.5, 0.6) is 0 Å². The summed E-state index contributed by atoms with van der Waals surface area (Å²) < 4.78 is 0.892. The fourth-order valence-electron chi connectivity index (χ4n) is 1.73. The average Bonchev–Trinajstić information content (AvgIpc) is 2.81. The molecule has 102 valence electrons. The SMILES string of the molecule is CC(C)(C)c1ccc(C(Cl)c2ccc(Br)c(Cl)c2)s1. The van der Waals surface area contributed by atoms with E-state index in [-0.39, 0.29) is 10.8 Å². The topological polar surface area (TPSA) is 0 Å². The third-order valence-corrected chi connectivity index (χ3v) is 6.28. The summed E-state index contributed by atoms with van der Waals surface area (Å²) in [7, 11) is 0. The zero-order chi connectivity index (χ0) is 14.2. The van der Waals surface area contributed by atoms with E-state index in [0.717, 1.165) is 14.9 Å². The maximum atomic E-state index is 6.56. The van der Waals surface area contributed by atoms with E-state index in [4.69, 9.17) is 23.2 Å². The molecule has 0 N–H and O–H groups in total. The van der Waals surface area contributed by atoms with Crippen LogP contribution < -0.4 is 0 Å². The Morgan fingerprint density at radius 3 is 2.37 bits per heavy atom. The van der Waals surface area contributed by atoms with Gasteiger partial charge in [0.15, 0.2) is 0 Å². The first-order chi connectivity index (χ1) is 8.79. The van der Waals surface area contributed by atoms with Crippen LogP contribution in [0.1, 0.15) is 41.5 Å². The standard InChI is InChI=1S/C15H15BrCl2S/c1-15(2,3)13-7-6-12(19-13)14(18)9-4-5-10(16)11(17)8-9/h4-8,14H,1-3H3. The third kappa shape index (κ3) is 3.55. The Kier molecular flexibility index (Phi) is 4.67. The molecule has 1 aromatic carbocycles. The number of halogens is 3. The second kappa shape index (κ2) is 5.77. The molecule has 0 bridgehead atoms. The van der Waals surface area contributed by atoms with E-state index in [1.165, 1.54) is 4.88 Å². The molecule has 0 amide bonds. The van der Waals surface area contributed by atoms with Crippen LogP contribution in [0.25, 0.3) is 0 Å². The smallest absolute Gasteiger partial charge is 0.0928 e. The molecule has 4 heteroatoms. The van der Waals surface area contributed by atoms with Crippen molar-refractivity contribution in [3.05, 3.63) is 55.1 Å². The summed E-state index contributed by atoms with van der Waals surface area (Å²) >= 11 is 17.8. The summed E-state index contributed by atoms with van der Waals surface area (Å²) in [6.45, 7) is 6.63. The van der Waals surface area contributed by atoms with Crippen molar-refractivity contribution in [1.82, 2.24) is 0 Å². The van der Waals surface area contributed by atoms with E-state index >= 15 is 0 Å². The van der Waals surface area contributed by atoms with Gasteiger partial charge in [0.2, 0.25) is 0 Å². The Morgan fingerprint density at radius 1 is 1.16 bits per heavy atom. The van der Waals surface area contributed by atoms with Gasteiger partial charge < -0.3 is 0 Å². The monoisotopic (exact) mass is 376 g/mol. The van der Waals surface area contributed by atoms with Gasteiger partial charge in [0.25, 0.3) is 0 Å². The van der Waals surface area contributed by atoms with E-state index in [1.54, 1.807) is 11.3 Å². The Balaban J connectivity index is 2.31. The van der Waals surface area contributed by atoms with Crippen LogP contribution in [0.15, 0.2) is 34.8 Å². The van der Waals surface area contributed by atoms with Crippen molar-refractivity contribution in [2.75, 3.05) is 0 Å². The van der Waals surface area contributed by atoms with E-state index in [9.17, 15) is 0 Å². The first kappa shape index (κ1) is 15.4. The number of rotatable bonds is 2. The minimum absolute atomic E-state index is 0.147. The number of hydrogen-bond acceptors (Lipinski definition) is 1. The van der Waals surface area contributed by atoms with Crippen LogP contribution in [-0.4, -0.2) is 0 Å². The lowest BCUT2D eigenvalue weighted by Crippen LogP contribution is -2.07. The largest absolute Gasteiger partial charge is 0.143 e. The fraction of sp³-hybridized carbons (Fsp3) is 0.333. The number of alkyl halides is 1. The van der Waals surface area contributed by atoms with Gasteiger partial charge in [0, 0.05) is 14.2 Å². The molecule has 1 atom stereocenters. The van der Waals surface area contributed by atoms with Crippen molar-refractivity contribution in [3.63, 3.8) is 0 Å². The van der Waals surface area contributed by atoms with Gasteiger partial charge in [-0.25, -0.2) is 0 Å². The van der Waals surface area contributed by atoms with Crippen LogP contribution in [0.3, 0.4) is 0 Å². The highest BCUT2D eigenvalue weighted by molar-refractivity contribution is 9.10. The Bertz CT molecular complexity index is 584. The van der Waals surface area contributed by atoms with Gasteiger partial charge in [0.05, 0.1) is 10.4 Å². The number of hydrogen-bond donors (Lipinski definition) is 0. The van der Waals surface area contributed by atoms with Crippen molar-refractivity contribution >= 4 is 50.5 Å². The summed E-state index contributed by atoms with van der Waals surface area (Å²) in [6.07, 6.45) is 0. The molecule has 0 radical (unpaired) electrons. The molecule has 0 aliphatic carbocycles. The first-order valence-corrected chi connectivity index (χ1v) is 8.40. The molecule has 0 fully saturated rings. The van der Waals surface area contributed by atoms with Crippen LogP contribution in [0, 0.1) is 0 Å². The van der Waals surface area contributed by atoms with Gasteiger partial charge in [-0.1, -0.05) is 38.4 Å². The number of thiophene rings is 1. The number of benzene rings is 1. The lowest BCUT2D eigenvalue weighted by Gasteiger charge is -2.15. The minimum Gasteiger partial charge on any atom is -0.143 e. The predicted octanol–water partition coefficient (Wildman–Crippen LogP) is 6.79. The molecular formula is C15H15BrCl2S. The van der Waals surface area contributed by atoms with Crippen molar-refractivity contribution < 1.29 is 0 Å². The van der Waals surface area contributed by atoms with Gasteiger partial charge >= 0.3 is 0 Å². The van der Waals surface area contributed by atoms with Crippen molar-refractivity contribution in [3.8, 4) is 0 Å². The molecule has 19 heavy (non-hydrogen) atoms. The van der Waals surface area contributed by atoms with E-state index in [0.29, 0.717) is 5.02 Å². The van der Waals surface area contributed by atoms with Gasteiger partial charge in [-0.05, 0) is 51.2 Å². The highest BCUT2D eigenvalue weighted by Crippen LogP contribution is 2.39. The third-order valence-electron chi connectivity index (χ3n) is 2.85. The average molecular weight is 378 g/mol. The van der Waals surface area contributed by atoms with Crippen LogP contribution in [0.4, 0.5) is 0 Å². The van der Waals surface area contributed by atoms with Crippen molar-refractivity contribution in [2.45, 2.75) is 31.6 Å². The lowest BCUT2D eigenvalue weighted by atomic mass is 9.95. The van der Waals surface area contributed by atoms with Crippen molar-refractivity contribution in [1.29, 1.82) is 0 Å². The molecule has 1 heterocycles. The summed E-state index contributed by atoms with van der Waals surface area (Å²) in [4.78, 5) is 2.50. The Hall–Kier alpha value is -0.0200. The van der Waals surface area contributed by atoms with Crippen LogP contribution in [-0.2, 0) is 5.41 Å². The predicted molar refractivity (Wildman–Crippen MR) is 89.9 cm³/mol. The molecule has 0 saturated heterocycles. The van der Waals surface area contributed by atoms with E-state index < -0.39 is 0 Å². The molecule has 0 nitrogen and oxygen atoms in total. The molecular weight excluding hydrogens is 363 g/mol.